The van der Waals surface area contributed by atoms with Crippen molar-refractivity contribution in [1.82, 2.24) is 5.06 Å². The predicted molar refractivity (Wildman–Crippen MR) is 63.9 cm³/mol. The van der Waals surface area contributed by atoms with Crippen molar-refractivity contribution < 1.29 is 9.94 Å². The number of hydroxylamine groups is 2. The molecule has 0 saturated carbocycles. The molecule has 1 saturated heterocycles. The van der Waals surface area contributed by atoms with Gasteiger partial charge in [-0.05, 0) is 37.8 Å². The molecular formula is C14H18NO2. The molecule has 17 heavy (non-hydrogen) atoms. The molecule has 3 rings (SSSR count). The van der Waals surface area contributed by atoms with E-state index in [-0.39, 0.29) is 0 Å². The first-order chi connectivity index (χ1) is 8.06. The number of aryl methyl sites for hydroxylation is 1. The Labute approximate surface area is 102 Å². The lowest BCUT2D eigenvalue weighted by Gasteiger charge is -2.48. The van der Waals surface area contributed by atoms with Gasteiger partial charge in [-0.2, -0.15) is 0 Å². The van der Waals surface area contributed by atoms with E-state index in [0.717, 1.165) is 12.8 Å². The van der Waals surface area contributed by atoms with Crippen molar-refractivity contribution in [2.24, 2.45) is 0 Å². The maximum absolute atomic E-state index is 12.7. The van der Waals surface area contributed by atoms with E-state index in [2.05, 4.69) is 12.1 Å². The van der Waals surface area contributed by atoms with Crippen LogP contribution in [0.3, 0.4) is 0 Å². The normalized spacial score (nSPS) is 31.7. The quantitative estimate of drug-likeness (QED) is 0.687. The van der Waals surface area contributed by atoms with Crippen LogP contribution < -0.4 is 0 Å². The number of hydrogen-bond acceptors (Lipinski definition) is 2. The zero-order chi connectivity index (χ0) is 12.1. The SMILES string of the molecule is CC1(C)COC[C@]2(CCc3ccccc32)N1[O]. The maximum atomic E-state index is 12.7. The molecule has 1 aromatic carbocycles. The van der Waals surface area contributed by atoms with Gasteiger partial charge in [-0.1, -0.05) is 24.3 Å². The Kier molecular flexibility index (Phi) is 2.34. The van der Waals surface area contributed by atoms with Gasteiger partial charge in [-0.3, -0.25) is 0 Å². The number of morpholine rings is 1. The number of rotatable bonds is 0. The van der Waals surface area contributed by atoms with Crippen LogP contribution >= 0.6 is 0 Å². The van der Waals surface area contributed by atoms with Crippen LogP contribution in [0.15, 0.2) is 24.3 Å². The van der Waals surface area contributed by atoms with E-state index >= 15 is 0 Å². The van der Waals surface area contributed by atoms with Gasteiger partial charge < -0.3 is 4.74 Å². The fourth-order valence-corrected chi connectivity index (χ4v) is 3.20. The molecule has 0 aromatic heterocycles. The van der Waals surface area contributed by atoms with E-state index in [1.165, 1.54) is 16.2 Å². The first kappa shape index (κ1) is 11.2. The second kappa shape index (κ2) is 3.55. The molecule has 91 valence electrons. The molecule has 0 unspecified atom stereocenters. The van der Waals surface area contributed by atoms with Crippen LogP contribution in [0.25, 0.3) is 0 Å². The minimum atomic E-state index is -0.446. The highest BCUT2D eigenvalue weighted by Gasteiger charge is 2.52. The third-order valence-corrected chi connectivity index (χ3v) is 4.06. The van der Waals surface area contributed by atoms with Crippen molar-refractivity contribution >= 4 is 0 Å². The topological polar surface area (TPSA) is 32.4 Å². The van der Waals surface area contributed by atoms with Crippen molar-refractivity contribution in [1.29, 1.82) is 0 Å². The van der Waals surface area contributed by atoms with Crippen molar-refractivity contribution in [3.05, 3.63) is 35.4 Å². The number of benzene rings is 1. The maximum Gasteiger partial charge on any atom is 0.0987 e. The summed E-state index contributed by atoms with van der Waals surface area (Å²) in [5.41, 5.74) is 1.59. The highest BCUT2D eigenvalue weighted by Crippen LogP contribution is 2.46. The lowest BCUT2D eigenvalue weighted by Crippen LogP contribution is -2.61. The largest absolute Gasteiger partial charge is 0.377 e. The molecule has 0 amide bonds. The van der Waals surface area contributed by atoms with Crippen molar-refractivity contribution in [3.63, 3.8) is 0 Å². The van der Waals surface area contributed by atoms with Crippen LogP contribution in [0.2, 0.25) is 0 Å². The third kappa shape index (κ3) is 1.46. The Morgan fingerprint density at radius 3 is 2.82 bits per heavy atom. The van der Waals surface area contributed by atoms with Gasteiger partial charge in [-0.15, -0.1) is 10.3 Å². The summed E-state index contributed by atoms with van der Waals surface area (Å²) in [6.45, 7) is 4.96. The van der Waals surface area contributed by atoms with Gasteiger partial charge in [0.15, 0.2) is 0 Å². The molecule has 3 nitrogen and oxygen atoms in total. The number of ether oxygens (including phenoxy) is 1. The fraction of sp³-hybridized carbons (Fsp3) is 0.571. The van der Waals surface area contributed by atoms with Crippen LogP contribution in [0, 0.1) is 0 Å². The average molecular weight is 232 g/mol. The summed E-state index contributed by atoms with van der Waals surface area (Å²) in [5, 5.41) is 14.0. The standard InChI is InChI=1S/C14H18NO2/c1-13(2)9-17-10-14(15(13)16)8-7-11-5-3-4-6-12(11)14/h3-6H,7-10H2,1-2H3/t14-/m0/s1. The van der Waals surface area contributed by atoms with Gasteiger partial charge in [0.05, 0.1) is 24.3 Å². The van der Waals surface area contributed by atoms with Gasteiger partial charge in [0.1, 0.15) is 0 Å². The van der Waals surface area contributed by atoms with E-state index in [1.807, 2.05) is 26.0 Å². The van der Waals surface area contributed by atoms with Gasteiger partial charge in [0.2, 0.25) is 0 Å². The second-order valence-corrected chi connectivity index (χ2v) is 5.79. The number of fused-ring (bicyclic) bond motifs is 2. The smallest absolute Gasteiger partial charge is 0.0987 e. The summed E-state index contributed by atoms with van der Waals surface area (Å²) in [6, 6.07) is 8.26. The molecule has 1 radical (unpaired) electrons. The summed E-state index contributed by atoms with van der Waals surface area (Å²) in [4.78, 5) is 0. The van der Waals surface area contributed by atoms with E-state index in [4.69, 9.17) is 4.74 Å². The molecular weight excluding hydrogens is 214 g/mol. The van der Waals surface area contributed by atoms with Crippen molar-refractivity contribution in [2.75, 3.05) is 13.2 Å². The summed E-state index contributed by atoms with van der Waals surface area (Å²) in [7, 11) is 0. The van der Waals surface area contributed by atoms with Crippen LogP contribution in [0.4, 0.5) is 0 Å². The lowest BCUT2D eigenvalue weighted by molar-refractivity contribution is -0.328. The molecule has 3 heteroatoms. The Balaban J connectivity index is 2.08. The average Bonchev–Trinajstić information content (AvgIpc) is 2.67. The fourth-order valence-electron chi connectivity index (χ4n) is 3.20. The second-order valence-electron chi connectivity index (χ2n) is 5.79. The van der Waals surface area contributed by atoms with Crippen LogP contribution in [0.5, 0.6) is 0 Å². The van der Waals surface area contributed by atoms with E-state index in [9.17, 15) is 5.21 Å². The van der Waals surface area contributed by atoms with Gasteiger partial charge >= 0.3 is 0 Å². The zero-order valence-corrected chi connectivity index (χ0v) is 10.4. The van der Waals surface area contributed by atoms with Crippen LogP contribution in [0.1, 0.15) is 31.4 Å². The number of nitrogens with zero attached hydrogens (tertiary/aromatic N) is 1. The first-order valence-electron chi connectivity index (χ1n) is 6.20. The highest BCUT2D eigenvalue weighted by molar-refractivity contribution is 5.39. The van der Waals surface area contributed by atoms with E-state index in [0.29, 0.717) is 13.2 Å². The van der Waals surface area contributed by atoms with Gasteiger partial charge in [0, 0.05) is 0 Å². The summed E-state index contributed by atoms with van der Waals surface area (Å²) < 4.78 is 5.71. The molecule has 1 aliphatic heterocycles. The minimum absolute atomic E-state index is 0.435. The molecule has 0 N–H and O–H groups in total. The van der Waals surface area contributed by atoms with Gasteiger partial charge in [-0.25, -0.2) is 0 Å². The molecule has 2 aliphatic rings. The summed E-state index contributed by atoms with van der Waals surface area (Å²) in [5.74, 6) is 0. The monoisotopic (exact) mass is 232 g/mol. The third-order valence-electron chi connectivity index (χ3n) is 4.06. The van der Waals surface area contributed by atoms with Gasteiger partial charge in [0.25, 0.3) is 0 Å². The van der Waals surface area contributed by atoms with Crippen LogP contribution in [-0.4, -0.2) is 23.8 Å². The molecule has 1 fully saturated rings. The van der Waals surface area contributed by atoms with Crippen molar-refractivity contribution in [3.8, 4) is 0 Å². The first-order valence-corrected chi connectivity index (χ1v) is 6.20. The Hall–Kier alpha value is -0.900. The summed E-state index contributed by atoms with van der Waals surface area (Å²) in [6.07, 6.45) is 1.85. The molecule has 1 heterocycles. The van der Waals surface area contributed by atoms with E-state index in [1.54, 1.807) is 0 Å². The molecule has 1 aromatic rings. The zero-order valence-electron chi connectivity index (χ0n) is 10.4. The van der Waals surface area contributed by atoms with Crippen LogP contribution in [-0.2, 0) is 21.9 Å². The highest BCUT2D eigenvalue weighted by atomic mass is 16.5. The molecule has 1 atom stereocenters. The Bertz CT molecular complexity index is 440. The lowest BCUT2D eigenvalue weighted by atomic mass is 9.86. The van der Waals surface area contributed by atoms with E-state index < -0.39 is 11.1 Å². The molecule has 1 aliphatic carbocycles. The predicted octanol–water partition coefficient (Wildman–Crippen LogP) is 2.28. The Morgan fingerprint density at radius 2 is 2.00 bits per heavy atom. The summed E-state index contributed by atoms with van der Waals surface area (Å²) >= 11 is 0. The Morgan fingerprint density at radius 1 is 1.24 bits per heavy atom. The number of hydrogen-bond donors (Lipinski definition) is 0. The molecule has 0 bridgehead atoms. The minimum Gasteiger partial charge on any atom is -0.377 e. The molecule has 1 spiro atoms. The van der Waals surface area contributed by atoms with Crippen molar-refractivity contribution in [2.45, 2.75) is 37.8 Å².